The van der Waals surface area contributed by atoms with E-state index < -0.39 is 0 Å². The first kappa shape index (κ1) is 15.4. The lowest BCUT2D eigenvalue weighted by atomic mass is 9.80. The van der Waals surface area contributed by atoms with Crippen molar-refractivity contribution in [3.05, 3.63) is 36.3 Å². The van der Waals surface area contributed by atoms with Gasteiger partial charge in [-0.2, -0.15) is 5.10 Å². The van der Waals surface area contributed by atoms with Crippen LogP contribution in [-0.2, 0) is 0 Å². The van der Waals surface area contributed by atoms with Gasteiger partial charge in [0, 0.05) is 42.2 Å². The van der Waals surface area contributed by atoms with Crippen molar-refractivity contribution in [1.29, 1.82) is 0 Å². The Kier molecular flexibility index (Phi) is 3.88. The van der Waals surface area contributed by atoms with E-state index in [9.17, 15) is 0 Å². The molecule has 0 radical (unpaired) electrons. The Morgan fingerprint density at radius 1 is 1.42 bits per heavy atom. The molecule has 2 heterocycles. The maximum atomic E-state index is 5.76. The van der Waals surface area contributed by atoms with Gasteiger partial charge < -0.3 is 11.1 Å². The van der Waals surface area contributed by atoms with Gasteiger partial charge in [-0.15, -0.1) is 0 Å². The molecule has 2 fully saturated rings. The first-order valence-corrected chi connectivity index (χ1v) is 8.83. The molecule has 5 heteroatoms. The monoisotopic (exact) mass is 323 g/mol. The number of nitrogens with zero attached hydrogens (tertiary/aromatic N) is 3. The van der Waals surface area contributed by atoms with Gasteiger partial charge in [0.15, 0.2) is 0 Å². The summed E-state index contributed by atoms with van der Waals surface area (Å²) in [4.78, 5) is 4.66. The van der Waals surface area contributed by atoms with Crippen LogP contribution in [0.4, 0.5) is 5.69 Å². The normalized spacial score (nSPS) is 22.9. The Morgan fingerprint density at radius 2 is 2.21 bits per heavy atom. The summed E-state index contributed by atoms with van der Waals surface area (Å²) in [5, 5.41) is 8.17. The lowest BCUT2D eigenvalue weighted by Crippen LogP contribution is -2.32. The number of anilines is 1. The second-order valence-corrected chi connectivity index (χ2v) is 7.02. The van der Waals surface area contributed by atoms with Gasteiger partial charge in [-0.05, 0) is 44.2 Å². The molecule has 3 N–H and O–H groups in total. The third kappa shape index (κ3) is 2.63. The van der Waals surface area contributed by atoms with Crippen molar-refractivity contribution in [1.82, 2.24) is 14.8 Å². The molecule has 2 aromatic rings. The molecule has 2 saturated carbocycles. The van der Waals surface area contributed by atoms with Gasteiger partial charge in [0.1, 0.15) is 0 Å². The molecule has 4 rings (SSSR count). The van der Waals surface area contributed by atoms with E-state index in [2.05, 4.69) is 33.8 Å². The van der Waals surface area contributed by atoms with Crippen LogP contribution < -0.4 is 11.1 Å². The Hall–Kier alpha value is -2.14. The van der Waals surface area contributed by atoms with E-state index in [-0.39, 0.29) is 0 Å². The van der Waals surface area contributed by atoms with Crippen LogP contribution in [0.15, 0.2) is 25.0 Å². The first-order chi connectivity index (χ1) is 11.7. The molecule has 0 bridgehead atoms. The van der Waals surface area contributed by atoms with Crippen LogP contribution in [0.25, 0.3) is 17.3 Å². The van der Waals surface area contributed by atoms with Crippen LogP contribution in [-0.4, -0.2) is 28.4 Å². The molecule has 0 unspecified atom stereocenters. The van der Waals surface area contributed by atoms with Crippen molar-refractivity contribution in [2.24, 2.45) is 11.7 Å². The maximum absolute atomic E-state index is 5.76. The minimum Gasteiger partial charge on any atom is -0.388 e. The van der Waals surface area contributed by atoms with Gasteiger partial charge in [-0.1, -0.05) is 12.7 Å². The Bertz CT molecular complexity index is 753. The summed E-state index contributed by atoms with van der Waals surface area (Å²) in [6.45, 7) is 4.64. The van der Waals surface area contributed by atoms with Crippen LogP contribution in [0, 0.1) is 5.92 Å². The van der Waals surface area contributed by atoms with E-state index in [1.807, 2.05) is 19.3 Å². The van der Waals surface area contributed by atoms with Crippen molar-refractivity contribution in [2.75, 3.05) is 18.9 Å². The number of hydrogen-bond acceptors (Lipinski definition) is 4. The lowest BCUT2D eigenvalue weighted by Gasteiger charge is -2.34. The zero-order chi connectivity index (χ0) is 16.7. The van der Waals surface area contributed by atoms with Crippen molar-refractivity contribution in [3.8, 4) is 11.3 Å². The van der Waals surface area contributed by atoms with E-state index in [1.54, 1.807) is 0 Å². The summed E-state index contributed by atoms with van der Waals surface area (Å²) in [6.07, 6.45) is 10.7. The molecule has 2 aromatic heterocycles. The summed E-state index contributed by atoms with van der Waals surface area (Å²) in [6, 6.07) is 2.61. The topological polar surface area (TPSA) is 68.8 Å². The molecule has 0 saturated heterocycles. The SMILES string of the molecule is C=Cc1cnc(-c2cn(C3CC(CN)C3)nc2C2CC2)cc1NC. The number of rotatable bonds is 6. The molecule has 5 nitrogen and oxygen atoms in total. The molecule has 0 amide bonds. The predicted molar refractivity (Wildman–Crippen MR) is 97.9 cm³/mol. The highest BCUT2D eigenvalue weighted by molar-refractivity contribution is 5.72. The molecule has 0 spiro atoms. The predicted octanol–water partition coefficient (Wildman–Crippen LogP) is 3.42. The van der Waals surface area contributed by atoms with E-state index in [0.717, 1.165) is 36.3 Å². The highest BCUT2D eigenvalue weighted by atomic mass is 15.3. The van der Waals surface area contributed by atoms with E-state index in [0.29, 0.717) is 17.9 Å². The number of nitrogens with two attached hydrogens (primary N) is 1. The van der Waals surface area contributed by atoms with Gasteiger partial charge in [-0.25, -0.2) is 0 Å². The first-order valence-electron chi connectivity index (χ1n) is 8.83. The maximum Gasteiger partial charge on any atom is 0.0757 e. The van der Waals surface area contributed by atoms with Crippen LogP contribution in [0.2, 0.25) is 0 Å². The summed E-state index contributed by atoms with van der Waals surface area (Å²) < 4.78 is 2.16. The minimum atomic E-state index is 0.501. The van der Waals surface area contributed by atoms with E-state index >= 15 is 0 Å². The summed E-state index contributed by atoms with van der Waals surface area (Å²) in [5.74, 6) is 1.26. The molecule has 126 valence electrons. The van der Waals surface area contributed by atoms with Gasteiger partial charge in [0.2, 0.25) is 0 Å². The van der Waals surface area contributed by atoms with E-state index in [1.165, 1.54) is 24.1 Å². The molecular weight excluding hydrogens is 298 g/mol. The van der Waals surface area contributed by atoms with Crippen molar-refractivity contribution in [3.63, 3.8) is 0 Å². The third-order valence-electron chi connectivity index (χ3n) is 5.34. The Balaban J connectivity index is 1.69. The summed E-state index contributed by atoms with van der Waals surface area (Å²) >= 11 is 0. The highest BCUT2D eigenvalue weighted by Gasteiger charge is 2.34. The summed E-state index contributed by atoms with van der Waals surface area (Å²) in [5.41, 5.74) is 11.2. The quantitative estimate of drug-likeness (QED) is 0.854. The smallest absolute Gasteiger partial charge is 0.0757 e. The molecule has 2 aliphatic carbocycles. The largest absolute Gasteiger partial charge is 0.388 e. The molecule has 2 aliphatic rings. The number of aromatic nitrogens is 3. The fourth-order valence-corrected chi connectivity index (χ4v) is 3.55. The number of nitrogens with one attached hydrogen (secondary N) is 1. The lowest BCUT2D eigenvalue weighted by molar-refractivity contribution is 0.189. The second kappa shape index (κ2) is 6.06. The average molecular weight is 323 g/mol. The van der Waals surface area contributed by atoms with Gasteiger partial charge in [0.25, 0.3) is 0 Å². The fraction of sp³-hybridized carbons (Fsp3) is 0.474. The Morgan fingerprint density at radius 3 is 2.83 bits per heavy atom. The fourth-order valence-electron chi connectivity index (χ4n) is 3.55. The second-order valence-electron chi connectivity index (χ2n) is 7.02. The average Bonchev–Trinajstić information content (AvgIpc) is 3.33. The highest BCUT2D eigenvalue weighted by Crippen LogP contribution is 2.45. The van der Waals surface area contributed by atoms with Crippen LogP contribution in [0.3, 0.4) is 0 Å². The zero-order valence-corrected chi connectivity index (χ0v) is 14.2. The third-order valence-corrected chi connectivity index (χ3v) is 5.34. The molecule has 0 aliphatic heterocycles. The van der Waals surface area contributed by atoms with Crippen LogP contribution in [0.1, 0.15) is 48.9 Å². The minimum absolute atomic E-state index is 0.501. The number of hydrogen-bond donors (Lipinski definition) is 2. The van der Waals surface area contributed by atoms with Crippen LogP contribution >= 0.6 is 0 Å². The van der Waals surface area contributed by atoms with Gasteiger partial charge in [-0.3, -0.25) is 9.67 Å². The zero-order valence-electron chi connectivity index (χ0n) is 14.2. The van der Waals surface area contributed by atoms with Gasteiger partial charge >= 0.3 is 0 Å². The van der Waals surface area contributed by atoms with Crippen molar-refractivity contribution in [2.45, 2.75) is 37.6 Å². The molecule has 0 aromatic carbocycles. The van der Waals surface area contributed by atoms with Crippen LogP contribution in [0.5, 0.6) is 0 Å². The number of pyridine rings is 1. The summed E-state index contributed by atoms with van der Waals surface area (Å²) in [7, 11) is 1.93. The van der Waals surface area contributed by atoms with Gasteiger partial charge in [0.05, 0.1) is 17.4 Å². The Labute approximate surface area is 143 Å². The van der Waals surface area contributed by atoms with Crippen molar-refractivity contribution >= 4 is 11.8 Å². The molecular formula is C19H25N5. The van der Waals surface area contributed by atoms with E-state index in [4.69, 9.17) is 10.8 Å². The molecule has 0 atom stereocenters. The van der Waals surface area contributed by atoms with Crippen molar-refractivity contribution < 1.29 is 0 Å². The standard InChI is InChI=1S/C19H25N5/c1-3-13-10-22-18(8-17(13)21-2)16-11-24(15-6-12(7-15)9-20)23-19(16)14-4-5-14/h3,8,10-12,14-15H,1,4-7,9,20H2,2H3,(H,21,22). The molecule has 24 heavy (non-hydrogen) atoms.